The third-order valence-corrected chi connectivity index (χ3v) is 7.58. The summed E-state index contributed by atoms with van der Waals surface area (Å²) in [6.07, 6.45) is 0. The molecule has 0 saturated heterocycles. The smallest absolute Gasteiger partial charge is 0.423 e. The molecule has 2 heterocycles. The Hall–Kier alpha value is -5.10. The Morgan fingerprint density at radius 2 is 1.29 bits per heavy atom. The Morgan fingerprint density at radius 1 is 0.561 bits per heavy atom. The second-order valence-corrected chi connectivity index (χ2v) is 9.88. The molecule has 0 fully saturated rings. The lowest BCUT2D eigenvalue weighted by Gasteiger charge is -2.14. The van der Waals surface area contributed by atoms with E-state index in [1.807, 2.05) is 66.7 Å². The van der Waals surface area contributed by atoms with E-state index in [1.165, 1.54) is 4.57 Å². The van der Waals surface area contributed by atoms with Crippen LogP contribution in [0, 0.1) is 0 Å². The van der Waals surface area contributed by atoms with Gasteiger partial charge in [-0.15, -0.1) is 0 Å². The van der Waals surface area contributed by atoms with Gasteiger partial charge in [-0.1, -0.05) is 96.9 Å². The number of para-hydroxylation sites is 3. The molecule has 8 rings (SSSR count). The lowest BCUT2D eigenvalue weighted by molar-refractivity contribution is 0.426. The molecule has 0 bridgehead atoms. The zero-order valence-corrected chi connectivity index (χ0v) is 21.6. The van der Waals surface area contributed by atoms with Gasteiger partial charge in [-0.05, 0) is 53.4 Å². The molecular weight excluding hydrogens is 503 g/mol. The van der Waals surface area contributed by atoms with E-state index in [9.17, 15) is 10.0 Å². The van der Waals surface area contributed by atoms with E-state index in [-0.39, 0.29) is 27.8 Å². The molecule has 194 valence electrons. The molecule has 0 unspecified atom stereocenters. The van der Waals surface area contributed by atoms with E-state index in [0.29, 0.717) is 5.69 Å². The lowest BCUT2D eigenvalue weighted by Crippen LogP contribution is -2.29. The predicted molar refractivity (Wildman–Crippen MR) is 170 cm³/mol. The zero-order chi connectivity index (χ0) is 33.6. The van der Waals surface area contributed by atoms with Crippen LogP contribution in [0.15, 0.2) is 139 Å². The summed E-state index contributed by atoms with van der Waals surface area (Å²) in [5, 5.41) is 21.8. The fourth-order valence-corrected chi connectivity index (χ4v) is 5.81. The van der Waals surface area contributed by atoms with Gasteiger partial charge in [0.05, 0.1) is 37.3 Å². The molecule has 4 nitrogen and oxygen atoms in total. The number of hydrogen-bond donors (Lipinski definition) is 2. The number of rotatable bonds is 4. The molecule has 0 radical (unpaired) electrons. The summed E-state index contributed by atoms with van der Waals surface area (Å²) in [4.78, 5) is 0. The molecule has 5 heteroatoms. The average molecular weight is 535 g/mol. The third-order valence-electron chi connectivity index (χ3n) is 7.58. The molecule has 0 aliphatic rings. The number of aromatic nitrogens is 2. The molecule has 0 saturated carbocycles. The van der Waals surface area contributed by atoms with Crippen LogP contribution < -0.4 is 5.46 Å². The maximum atomic E-state index is 10.1. The van der Waals surface area contributed by atoms with Crippen LogP contribution in [0.2, 0.25) is 0 Å². The standard InChI is InChI=1S/C36H25BN2O2/c40-37(41)25-18-20-35-30(22-25)28-13-5-8-16-33(28)38(35)26-19-21-36-31(23-26)29-14-6-9-17-34(29)39(36)32-15-7-4-12-27(32)24-10-2-1-3-11-24/h1-23,40-41H/i5D,8D,13D,16D,18D,20D,22D. The van der Waals surface area contributed by atoms with E-state index in [0.717, 1.165) is 38.6 Å². The van der Waals surface area contributed by atoms with Gasteiger partial charge in [0.1, 0.15) is 0 Å². The molecule has 0 aliphatic carbocycles. The summed E-state index contributed by atoms with van der Waals surface area (Å²) in [5.41, 5.74) is 4.87. The number of hydrogen-bond acceptors (Lipinski definition) is 2. The zero-order valence-electron chi connectivity index (χ0n) is 28.6. The molecule has 0 aliphatic heterocycles. The minimum absolute atomic E-state index is 0.00825. The number of benzene rings is 6. The van der Waals surface area contributed by atoms with Gasteiger partial charge < -0.3 is 19.2 Å². The molecule has 0 spiro atoms. The van der Waals surface area contributed by atoms with E-state index >= 15 is 0 Å². The van der Waals surface area contributed by atoms with Crippen LogP contribution >= 0.6 is 0 Å². The third kappa shape index (κ3) is 3.64. The second kappa shape index (κ2) is 9.24. The Balaban J connectivity index is 1.51. The van der Waals surface area contributed by atoms with Gasteiger partial charge >= 0.3 is 7.12 Å². The summed E-state index contributed by atoms with van der Waals surface area (Å²) in [6.45, 7) is 0. The van der Waals surface area contributed by atoms with Crippen molar-refractivity contribution >= 4 is 56.2 Å². The van der Waals surface area contributed by atoms with Crippen LogP contribution in [-0.4, -0.2) is 26.3 Å². The van der Waals surface area contributed by atoms with Crippen LogP contribution in [-0.2, 0) is 0 Å². The van der Waals surface area contributed by atoms with Crippen LogP contribution in [0.3, 0.4) is 0 Å². The van der Waals surface area contributed by atoms with Crippen LogP contribution in [0.4, 0.5) is 0 Å². The van der Waals surface area contributed by atoms with Crippen molar-refractivity contribution in [3.8, 4) is 22.5 Å². The normalized spacial score (nSPS) is 14.0. The molecule has 0 amide bonds. The van der Waals surface area contributed by atoms with Crippen molar-refractivity contribution in [3.05, 3.63) is 139 Å². The Morgan fingerprint density at radius 3 is 2.17 bits per heavy atom. The van der Waals surface area contributed by atoms with Gasteiger partial charge in [-0.2, -0.15) is 0 Å². The summed E-state index contributed by atoms with van der Waals surface area (Å²) in [7, 11) is -2.23. The van der Waals surface area contributed by atoms with E-state index < -0.39 is 48.8 Å². The fraction of sp³-hybridized carbons (Fsp3) is 0. The predicted octanol–water partition coefficient (Wildman–Crippen LogP) is 7.23. The van der Waals surface area contributed by atoms with Gasteiger partial charge in [0.25, 0.3) is 0 Å². The van der Waals surface area contributed by atoms with Gasteiger partial charge in [-0.3, -0.25) is 0 Å². The summed E-state index contributed by atoms with van der Waals surface area (Å²) < 4.78 is 64.7. The van der Waals surface area contributed by atoms with Gasteiger partial charge in [0.15, 0.2) is 0 Å². The van der Waals surface area contributed by atoms with E-state index in [4.69, 9.17) is 9.60 Å². The molecular formula is C36H25BN2O2. The summed E-state index contributed by atoms with van der Waals surface area (Å²) in [6, 6.07) is 28.5. The Bertz CT molecular complexity index is 2630. The summed E-state index contributed by atoms with van der Waals surface area (Å²) in [5.74, 6) is 0. The molecule has 41 heavy (non-hydrogen) atoms. The van der Waals surface area contributed by atoms with Crippen molar-refractivity contribution in [2.45, 2.75) is 0 Å². The van der Waals surface area contributed by atoms with Gasteiger partial charge in [0.2, 0.25) is 0 Å². The topological polar surface area (TPSA) is 50.3 Å². The highest BCUT2D eigenvalue weighted by atomic mass is 16.4. The van der Waals surface area contributed by atoms with Crippen molar-refractivity contribution < 1.29 is 19.6 Å². The molecule has 6 aromatic carbocycles. The van der Waals surface area contributed by atoms with Gasteiger partial charge in [0, 0.05) is 32.8 Å². The van der Waals surface area contributed by atoms with E-state index in [1.54, 1.807) is 6.07 Å². The minimum Gasteiger partial charge on any atom is -0.423 e. The van der Waals surface area contributed by atoms with Crippen molar-refractivity contribution in [1.82, 2.24) is 9.13 Å². The quantitative estimate of drug-likeness (QED) is 0.234. The fourth-order valence-electron chi connectivity index (χ4n) is 5.81. The first kappa shape index (κ1) is 17.6. The first-order valence-electron chi connectivity index (χ1n) is 16.7. The monoisotopic (exact) mass is 535 g/mol. The molecule has 0 atom stereocenters. The minimum atomic E-state index is -2.23. The molecule has 2 aromatic heterocycles. The number of nitrogens with zero attached hydrogens (tertiary/aromatic N) is 2. The van der Waals surface area contributed by atoms with Crippen molar-refractivity contribution in [2.75, 3.05) is 0 Å². The summed E-state index contributed by atoms with van der Waals surface area (Å²) >= 11 is 0. The van der Waals surface area contributed by atoms with Crippen molar-refractivity contribution in [2.24, 2.45) is 0 Å². The van der Waals surface area contributed by atoms with Crippen LogP contribution in [0.5, 0.6) is 0 Å². The van der Waals surface area contributed by atoms with Crippen LogP contribution in [0.25, 0.3) is 66.1 Å². The van der Waals surface area contributed by atoms with Gasteiger partial charge in [-0.25, -0.2) is 0 Å². The highest BCUT2D eigenvalue weighted by Gasteiger charge is 2.19. The highest BCUT2D eigenvalue weighted by molar-refractivity contribution is 6.59. The Kier molecular flexibility index (Phi) is 3.96. The largest absolute Gasteiger partial charge is 0.488 e. The lowest BCUT2D eigenvalue weighted by atomic mass is 9.80. The SMILES string of the molecule is [2H]c1c([2H])c([2H])c2c(c1[2H])c1c([2H])c(B(O)O)c([2H])c([2H])c1n2-c1ccc2c(c1)c1ccccc1n2-c1ccccc1-c1ccccc1. The highest BCUT2D eigenvalue weighted by Crippen LogP contribution is 2.38. The second-order valence-electron chi connectivity index (χ2n) is 9.88. The first-order chi connectivity index (χ1) is 23.1. The Labute approximate surface area is 246 Å². The van der Waals surface area contributed by atoms with E-state index in [2.05, 4.69) is 28.8 Å². The molecule has 8 aromatic rings. The maximum absolute atomic E-state index is 10.1. The van der Waals surface area contributed by atoms with Crippen molar-refractivity contribution in [1.29, 1.82) is 0 Å². The molecule has 2 N–H and O–H groups in total. The van der Waals surface area contributed by atoms with Crippen molar-refractivity contribution in [3.63, 3.8) is 0 Å². The number of fused-ring (bicyclic) bond motifs is 6. The van der Waals surface area contributed by atoms with Crippen LogP contribution in [0.1, 0.15) is 9.60 Å². The first-order valence-corrected chi connectivity index (χ1v) is 13.2. The maximum Gasteiger partial charge on any atom is 0.488 e. The average Bonchev–Trinajstić information content (AvgIpc) is 3.63.